The van der Waals surface area contributed by atoms with Gasteiger partial charge in [0.05, 0.1) is 15.1 Å². The molecule has 0 aliphatic rings. The van der Waals surface area contributed by atoms with Gasteiger partial charge in [-0.1, -0.05) is 40.9 Å². The van der Waals surface area contributed by atoms with Crippen molar-refractivity contribution in [2.45, 2.75) is 39.3 Å². The van der Waals surface area contributed by atoms with Gasteiger partial charge in [-0.2, -0.15) is 0 Å². The predicted molar refractivity (Wildman–Crippen MR) is 82.4 cm³/mol. The number of hydrogen-bond acceptors (Lipinski definition) is 3. The lowest BCUT2D eigenvalue weighted by molar-refractivity contribution is 0.0489. The van der Waals surface area contributed by atoms with Crippen molar-refractivity contribution < 1.29 is 9.53 Å². The molecule has 0 aromatic heterocycles. The predicted octanol–water partition coefficient (Wildman–Crippen LogP) is 4.74. The van der Waals surface area contributed by atoms with Crippen LogP contribution < -0.4 is 10.9 Å². The van der Waals surface area contributed by atoms with Crippen molar-refractivity contribution in [1.82, 2.24) is 10.9 Å². The van der Waals surface area contributed by atoms with Crippen LogP contribution in [0.5, 0.6) is 0 Å². The third-order valence-corrected chi connectivity index (χ3v) is 3.63. The van der Waals surface area contributed by atoms with E-state index in [9.17, 15) is 4.79 Å². The first-order valence-electron chi connectivity index (χ1n) is 5.99. The van der Waals surface area contributed by atoms with E-state index in [1.807, 2.05) is 6.92 Å². The Balaban J connectivity index is 2.66. The van der Waals surface area contributed by atoms with E-state index in [2.05, 4.69) is 10.9 Å². The molecular weight excluding hydrogens is 323 g/mol. The third-order valence-electron chi connectivity index (χ3n) is 2.32. The van der Waals surface area contributed by atoms with Gasteiger partial charge in [-0.3, -0.25) is 5.43 Å². The molecule has 1 aromatic rings. The maximum Gasteiger partial charge on any atom is 0.422 e. The highest BCUT2D eigenvalue weighted by atomic mass is 35.5. The molecule has 4 nitrogen and oxygen atoms in total. The van der Waals surface area contributed by atoms with E-state index in [0.29, 0.717) is 10.0 Å². The highest BCUT2D eigenvalue weighted by molar-refractivity contribution is 6.48. The average Bonchev–Trinajstić information content (AvgIpc) is 2.31. The number of carbonyl (C=O) groups excluding carboxylic acids is 1. The number of nitrogens with one attached hydrogen (secondary N) is 2. The number of amides is 1. The van der Waals surface area contributed by atoms with Crippen LogP contribution in [-0.4, -0.2) is 11.7 Å². The van der Waals surface area contributed by atoms with Gasteiger partial charge < -0.3 is 4.74 Å². The van der Waals surface area contributed by atoms with Crippen LogP contribution in [0.4, 0.5) is 4.79 Å². The van der Waals surface area contributed by atoms with E-state index >= 15 is 0 Å². The Labute approximate surface area is 133 Å². The van der Waals surface area contributed by atoms with Crippen molar-refractivity contribution >= 4 is 40.9 Å². The smallest absolute Gasteiger partial charge is 0.422 e. The molecule has 0 bridgehead atoms. The van der Waals surface area contributed by atoms with Crippen LogP contribution in [0.25, 0.3) is 0 Å². The normalized spacial score (nSPS) is 12.9. The largest absolute Gasteiger partial charge is 0.443 e. The van der Waals surface area contributed by atoms with E-state index in [4.69, 9.17) is 39.5 Å². The molecule has 0 saturated carbocycles. The molecule has 112 valence electrons. The zero-order chi connectivity index (χ0) is 15.5. The summed E-state index contributed by atoms with van der Waals surface area (Å²) >= 11 is 18.0. The number of benzene rings is 1. The highest BCUT2D eigenvalue weighted by Gasteiger charge is 2.18. The first kappa shape index (κ1) is 17.4. The summed E-state index contributed by atoms with van der Waals surface area (Å²) in [7, 11) is 0. The molecule has 0 fully saturated rings. The Morgan fingerprint density at radius 2 is 1.80 bits per heavy atom. The van der Waals surface area contributed by atoms with Crippen molar-refractivity contribution in [2.75, 3.05) is 0 Å². The molecule has 20 heavy (non-hydrogen) atoms. The second-order valence-corrected chi connectivity index (χ2v) is 6.42. The summed E-state index contributed by atoms with van der Waals surface area (Å²) in [5, 5.41) is 1.02. The molecule has 0 heterocycles. The number of halogens is 3. The van der Waals surface area contributed by atoms with E-state index < -0.39 is 11.7 Å². The quantitative estimate of drug-likeness (QED) is 0.618. The molecule has 0 spiro atoms. The van der Waals surface area contributed by atoms with Crippen molar-refractivity contribution in [3.63, 3.8) is 0 Å². The molecule has 1 amide bonds. The van der Waals surface area contributed by atoms with E-state index in [1.165, 1.54) is 0 Å². The SMILES string of the molecule is CC(NNC(=O)OC(C)(C)C)c1ccc(Cl)c(Cl)c1Cl. The summed E-state index contributed by atoms with van der Waals surface area (Å²) < 4.78 is 5.10. The summed E-state index contributed by atoms with van der Waals surface area (Å²) in [5.74, 6) is 0. The molecule has 0 radical (unpaired) electrons. The summed E-state index contributed by atoms with van der Waals surface area (Å²) in [4.78, 5) is 11.5. The lowest BCUT2D eigenvalue weighted by Gasteiger charge is -2.22. The van der Waals surface area contributed by atoms with Gasteiger partial charge in [-0.05, 0) is 39.3 Å². The first-order chi connectivity index (χ1) is 9.11. The Morgan fingerprint density at radius 3 is 2.35 bits per heavy atom. The molecular formula is C13H17Cl3N2O2. The monoisotopic (exact) mass is 338 g/mol. The maximum atomic E-state index is 11.5. The van der Waals surface area contributed by atoms with Crippen LogP contribution in [0.1, 0.15) is 39.3 Å². The average molecular weight is 340 g/mol. The second kappa shape index (κ2) is 6.85. The van der Waals surface area contributed by atoms with Gasteiger partial charge in [0.1, 0.15) is 5.60 Å². The lowest BCUT2D eigenvalue weighted by atomic mass is 10.1. The number of ether oxygens (including phenoxy) is 1. The van der Waals surface area contributed by atoms with Gasteiger partial charge >= 0.3 is 6.09 Å². The molecule has 1 unspecified atom stereocenters. The minimum atomic E-state index is -0.569. The Bertz CT molecular complexity index is 501. The fourth-order valence-corrected chi connectivity index (χ4v) is 2.13. The van der Waals surface area contributed by atoms with Crippen LogP contribution >= 0.6 is 34.8 Å². The zero-order valence-electron chi connectivity index (χ0n) is 11.7. The number of hydrogen-bond donors (Lipinski definition) is 2. The summed E-state index contributed by atoms with van der Waals surface area (Å²) in [6.07, 6.45) is -0.569. The fraction of sp³-hybridized carbons (Fsp3) is 0.462. The molecule has 1 aromatic carbocycles. The molecule has 7 heteroatoms. The van der Waals surface area contributed by atoms with E-state index in [1.54, 1.807) is 32.9 Å². The topological polar surface area (TPSA) is 50.4 Å². The summed E-state index contributed by atoms with van der Waals surface area (Å²) in [5.41, 5.74) is 5.41. The van der Waals surface area contributed by atoms with E-state index in [-0.39, 0.29) is 11.1 Å². The van der Waals surface area contributed by atoms with Crippen molar-refractivity contribution in [3.8, 4) is 0 Å². The minimum absolute atomic E-state index is 0.259. The molecule has 0 aliphatic carbocycles. The second-order valence-electron chi connectivity index (χ2n) is 5.26. The van der Waals surface area contributed by atoms with E-state index in [0.717, 1.165) is 5.56 Å². The standard InChI is InChI=1S/C13H17Cl3N2O2/c1-7(17-18-12(19)20-13(2,3)4)8-5-6-9(14)11(16)10(8)15/h5-7,17H,1-4H3,(H,18,19). The summed E-state index contributed by atoms with van der Waals surface area (Å²) in [6.45, 7) is 7.17. The van der Waals surface area contributed by atoms with Gasteiger partial charge in [0.2, 0.25) is 0 Å². The van der Waals surface area contributed by atoms with Crippen molar-refractivity contribution in [3.05, 3.63) is 32.8 Å². The van der Waals surface area contributed by atoms with Gasteiger partial charge in [-0.25, -0.2) is 10.2 Å². The van der Waals surface area contributed by atoms with Gasteiger partial charge in [0, 0.05) is 6.04 Å². The van der Waals surface area contributed by atoms with Crippen LogP contribution in [0.2, 0.25) is 15.1 Å². The first-order valence-corrected chi connectivity index (χ1v) is 7.13. The number of carbonyl (C=O) groups is 1. The van der Waals surface area contributed by atoms with Gasteiger partial charge in [-0.15, -0.1) is 0 Å². The zero-order valence-corrected chi connectivity index (χ0v) is 14.0. The Morgan fingerprint density at radius 1 is 1.20 bits per heavy atom. The molecule has 2 N–H and O–H groups in total. The third kappa shape index (κ3) is 5.02. The lowest BCUT2D eigenvalue weighted by Crippen LogP contribution is -2.42. The Hall–Kier alpha value is -0.680. The van der Waals surface area contributed by atoms with Gasteiger partial charge in [0.25, 0.3) is 0 Å². The van der Waals surface area contributed by atoms with Crippen LogP contribution in [0.3, 0.4) is 0 Å². The number of rotatable bonds is 3. The highest BCUT2D eigenvalue weighted by Crippen LogP contribution is 2.35. The molecule has 1 atom stereocenters. The van der Waals surface area contributed by atoms with Crippen molar-refractivity contribution in [1.29, 1.82) is 0 Å². The van der Waals surface area contributed by atoms with Crippen LogP contribution in [0, 0.1) is 0 Å². The molecule has 1 rings (SSSR count). The van der Waals surface area contributed by atoms with Crippen LogP contribution in [-0.2, 0) is 4.74 Å². The molecule has 0 aliphatic heterocycles. The van der Waals surface area contributed by atoms with Crippen LogP contribution in [0.15, 0.2) is 12.1 Å². The summed E-state index contributed by atoms with van der Waals surface area (Å²) in [6, 6.07) is 3.13. The fourth-order valence-electron chi connectivity index (χ4n) is 1.42. The minimum Gasteiger partial charge on any atom is -0.443 e. The Kier molecular flexibility index (Phi) is 5.95. The van der Waals surface area contributed by atoms with Gasteiger partial charge in [0.15, 0.2) is 0 Å². The molecule has 0 saturated heterocycles. The number of hydrazine groups is 1. The maximum absolute atomic E-state index is 11.5. The van der Waals surface area contributed by atoms with Crippen molar-refractivity contribution in [2.24, 2.45) is 0 Å².